The van der Waals surface area contributed by atoms with Crippen molar-refractivity contribution in [1.29, 1.82) is 0 Å². The van der Waals surface area contributed by atoms with Crippen LogP contribution in [-0.2, 0) is 4.79 Å². The van der Waals surface area contributed by atoms with Crippen LogP contribution in [0.5, 0.6) is 5.75 Å². The van der Waals surface area contributed by atoms with E-state index in [4.69, 9.17) is 20.9 Å². The molecule has 31 heavy (non-hydrogen) atoms. The van der Waals surface area contributed by atoms with Crippen molar-refractivity contribution in [3.8, 4) is 5.75 Å². The number of carbonyl (C=O) groups excluding carboxylic acids is 2. The average molecular weight is 453 g/mol. The summed E-state index contributed by atoms with van der Waals surface area (Å²) >= 11 is 5.63. The Morgan fingerprint density at radius 2 is 2.06 bits per heavy atom. The van der Waals surface area contributed by atoms with Gasteiger partial charge >= 0.3 is 11.8 Å². The molecule has 3 saturated carbocycles. The molecule has 0 radical (unpaired) electrons. The molecule has 1 atom stereocenters. The highest BCUT2D eigenvalue weighted by Crippen LogP contribution is 2.47. The van der Waals surface area contributed by atoms with E-state index in [1.807, 2.05) is 0 Å². The maximum Gasteiger partial charge on any atom is 0.315 e. The van der Waals surface area contributed by atoms with Crippen LogP contribution in [0.3, 0.4) is 0 Å². The molecular weight excluding hydrogens is 431 g/mol. The van der Waals surface area contributed by atoms with Gasteiger partial charge in [0.2, 0.25) is 0 Å². The van der Waals surface area contributed by atoms with E-state index in [2.05, 4.69) is 20.8 Å². The zero-order valence-electron chi connectivity index (χ0n) is 16.8. The summed E-state index contributed by atoms with van der Waals surface area (Å²) in [4.78, 5) is 28.8. The largest absolute Gasteiger partial charge is 0.484 e. The Balaban J connectivity index is 1.34. The predicted molar refractivity (Wildman–Crippen MR) is 106 cm³/mol. The summed E-state index contributed by atoms with van der Waals surface area (Å²) < 4.78 is 23.7. The number of nitrogens with zero attached hydrogens (tertiary/aromatic N) is 2. The van der Waals surface area contributed by atoms with Crippen LogP contribution in [0.15, 0.2) is 22.7 Å². The summed E-state index contributed by atoms with van der Waals surface area (Å²) in [7, 11) is 0. The lowest BCUT2D eigenvalue weighted by atomic mass is 9.60. The van der Waals surface area contributed by atoms with E-state index < -0.39 is 34.8 Å². The number of ether oxygens (including phenoxy) is 1. The van der Waals surface area contributed by atoms with Crippen LogP contribution in [0.1, 0.15) is 48.6 Å². The molecule has 0 spiro atoms. The van der Waals surface area contributed by atoms with Crippen molar-refractivity contribution in [2.24, 2.45) is 0 Å². The zero-order chi connectivity index (χ0) is 22.2. The number of carbonyl (C=O) groups is 2. The highest BCUT2D eigenvalue weighted by molar-refractivity contribution is 6.30. The Labute approximate surface area is 182 Å². The van der Waals surface area contributed by atoms with Crippen LogP contribution in [-0.4, -0.2) is 50.9 Å². The number of hydrogen-bond donors (Lipinski definition) is 3. The molecule has 11 heteroatoms. The highest BCUT2D eigenvalue weighted by Gasteiger charge is 2.55. The molecule has 1 heterocycles. The molecule has 1 unspecified atom stereocenters. The third kappa shape index (κ3) is 4.35. The number of aryl methyl sites for hydroxylation is 1. The van der Waals surface area contributed by atoms with Crippen LogP contribution in [0, 0.1) is 12.7 Å². The second-order valence-electron chi connectivity index (χ2n) is 8.17. The van der Waals surface area contributed by atoms with Crippen molar-refractivity contribution in [2.45, 2.75) is 56.2 Å². The van der Waals surface area contributed by atoms with E-state index in [1.165, 1.54) is 12.1 Å². The Morgan fingerprint density at radius 1 is 1.32 bits per heavy atom. The first-order valence-electron chi connectivity index (χ1n) is 9.90. The van der Waals surface area contributed by atoms with Gasteiger partial charge in [0, 0.05) is 11.6 Å². The maximum atomic E-state index is 13.5. The fourth-order valence-electron chi connectivity index (χ4n) is 4.37. The third-order valence-corrected chi connectivity index (χ3v) is 6.38. The smallest absolute Gasteiger partial charge is 0.315 e. The number of halogens is 2. The van der Waals surface area contributed by atoms with Crippen LogP contribution >= 0.6 is 11.6 Å². The van der Waals surface area contributed by atoms with E-state index in [9.17, 15) is 19.1 Å². The molecule has 1 aromatic carbocycles. The van der Waals surface area contributed by atoms with Crippen molar-refractivity contribution in [3.63, 3.8) is 0 Å². The monoisotopic (exact) mass is 452 g/mol. The molecule has 2 bridgehead atoms. The number of aromatic nitrogens is 2. The second-order valence-corrected chi connectivity index (χ2v) is 8.58. The summed E-state index contributed by atoms with van der Waals surface area (Å²) in [6, 6.07) is 3.92. The molecule has 2 aromatic rings. The van der Waals surface area contributed by atoms with Gasteiger partial charge in [-0.25, -0.2) is 4.39 Å². The molecule has 1 aromatic heterocycles. The first-order chi connectivity index (χ1) is 14.7. The van der Waals surface area contributed by atoms with Gasteiger partial charge in [-0.1, -0.05) is 16.8 Å². The van der Waals surface area contributed by atoms with Crippen molar-refractivity contribution >= 4 is 23.4 Å². The Morgan fingerprint density at radius 3 is 2.68 bits per heavy atom. The molecular formula is C20H22ClFN4O5. The molecule has 3 aliphatic carbocycles. The van der Waals surface area contributed by atoms with E-state index >= 15 is 0 Å². The van der Waals surface area contributed by atoms with Gasteiger partial charge in [-0.3, -0.25) is 9.59 Å². The normalized spacial score (nSPS) is 27.0. The maximum absolute atomic E-state index is 13.5. The van der Waals surface area contributed by atoms with Gasteiger partial charge in [-0.2, -0.15) is 4.98 Å². The Hall–Kier alpha value is -2.72. The van der Waals surface area contributed by atoms with Gasteiger partial charge in [0.05, 0.1) is 16.7 Å². The number of rotatable bonds is 6. The first kappa shape index (κ1) is 21.5. The highest BCUT2D eigenvalue weighted by atomic mass is 35.5. The number of aliphatic hydroxyl groups excluding tert-OH is 1. The van der Waals surface area contributed by atoms with E-state index in [-0.39, 0.29) is 29.7 Å². The summed E-state index contributed by atoms with van der Waals surface area (Å²) in [5.74, 6) is -1.11. The summed E-state index contributed by atoms with van der Waals surface area (Å²) in [5.41, 5.74) is -1.39. The number of hydrogen-bond acceptors (Lipinski definition) is 7. The molecule has 3 aliphatic rings. The molecule has 9 nitrogen and oxygen atoms in total. The standard InChI is InChI=1S/C20H22ClFN4O5/c1-11-23-18(31-26-11)17(29)25-19-4-6-20(7-5-19,15(27)9-19)24-16(28)10-30-12-2-3-13(21)14(22)8-12/h2-3,8,15,27H,4-7,9-10H2,1H3,(H,24,28)(H,25,29). The van der Waals surface area contributed by atoms with Gasteiger partial charge in [0.15, 0.2) is 12.4 Å². The minimum atomic E-state index is -0.850. The lowest BCUT2D eigenvalue weighted by Crippen LogP contribution is -2.70. The Kier molecular flexibility index (Phi) is 5.61. The number of fused-ring (bicyclic) bond motifs is 3. The van der Waals surface area contributed by atoms with E-state index in [0.717, 1.165) is 6.07 Å². The lowest BCUT2D eigenvalue weighted by Gasteiger charge is -2.56. The summed E-state index contributed by atoms with van der Waals surface area (Å²) in [6.07, 6.45) is 1.56. The third-order valence-electron chi connectivity index (χ3n) is 6.07. The second kappa shape index (κ2) is 8.08. The van der Waals surface area contributed by atoms with Crippen LogP contribution in [0.4, 0.5) is 4.39 Å². The topological polar surface area (TPSA) is 127 Å². The van der Waals surface area contributed by atoms with Gasteiger partial charge in [-0.15, -0.1) is 0 Å². The molecule has 166 valence electrons. The molecule has 3 N–H and O–H groups in total. The van der Waals surface area contributed by atoms with Crippen molar-refractivity contribution in [3.05, 3.63) is 40.8 Å². The van der Waals surface area contributed by atoms with Gasteiger partial charge < -0.3 is 25.0 Å². The Bertz CT molecular complexity index is 1010. The molecule has 5 rings (SSSR count). The fourth-order valence-corrected chi connectivity index (χ4v) is 4.49. The molecule has 0 aliphatic heterocycles. The summed E-state index contributed by atoms with van der Waals surface area (Å²) in [6.45, 7) is 1.29. The minimum absolute atomic E-state index is 0.0342. The molecule has 3 fully saturated rings. The fraction of sp³-hybridized carbons (Fsp3) is 0.500. The zero-order valence-corrected chi connectivity index (χ0v) is 17.5. The van der Waals surface area contributed by atoms with Crippen molar-refractivity contribution in [1.82, 2.24) is 20.8 Å². The first-order valence-corrected chi connectivity index (χ1v) is 10.3. The van der Waals surface area contributed by atoms with E-state index in [0.29, 0.717) is 31.5 Å². The van der Waals surface area contributed by atoms with Gasteiger partial charge in [-0.05, 0) is 51.2 Å². The SMILES string of the molecule is Cc1noc(C(=O)NC23CCC(NC(=O)COc4ccc(Cl)c(F)c4)(CC2)C(O)C3)n1. The summed E-state index contributed by atoms with van der Waals surface area (Å²) in [5, 5.41) is 20.2. The number of nitrogens with one attached hydrogen (secondary N) is 2. The average Bonchev–Trinajstić information content (AvgIpc) is 3.17. The number of amides is 2. The molecule has 2 amide bonds. The van der Waals surface area contributed by atoms with Gasteiger partial charge in [0.1, 0.15) is 11.6 Å². The lowest BCUT2D eigenvalue weighted by molar-refractivity contribution is -0.132. The van der Waals surface area contributed by atoms with Crippen LogP contribution in [0.2, 0.25) is 5.02 Å². The predicted octanol–water partition coefficient (Wildman–Crippen LogP) is 1.91. The van der Waals surface area contributed by atoms with Gasteiger partial charge in [0.25, 0.3) is 5.91 Å². The van der Waals surface area contributed by atoms with Crippen LogP contribution in [0.25, 0.3) is 0 Å². The van der Waals surface area contributed by atoms with Crippen molar-refractivity contribution in [2.75, 3.05) is 6.61 Å². The minimum Gasteiger partial charge on any atom is -0.484 e. The quantitative estimate of drug-likeness (QED) is 0.611. The van der Waals surface area contributed by atoms with Crippen molar-refractivity contribution < 1.29 is 28.3 Å². The molecule has 0 saturated heterocycles. The van der Waals surface area contributed by atoms with Crippen LogP contribution < -0.4 is 15.4 Å². The van der Waals surface area contributed by atoms with E-state index in [1.54, 1.807) is 6.92 Å². The number of benzene rings is 1. The number of aliphatic hydroxyl groups is 1.